The largest absolute Gasteiger partial charge is 0.340 e. The van der Waals surface area contributed by atoms with Crippen molar-refractivity contribution in [3.63, 3.8) is 0 Å². The summed E-state index contributed by atoms with van der Waals surface area (Å²) in [5.74, 6) is 9.31. The molecule has 7 nitrogen and oxygen atoms in total. The molecular weight excluding hydrogens is 292 g/mol. The molecule has 1 aliphatic rings. The minimum atomic E-state index is -0.199. The standard InChI is InChI=1S/C16H18N6O/c1-4-6-9-22-13-14(18-12(5-2)20(3)15(13)23)19-16(22)21-10-7-17-8-11-21/h2,17H,7-11H2,1,3H3. The number of imidazole rings is 1. The molecule has 7 heteroatoms. The Labute approximate surface area is 134 Å². The van der Waals surface area contributed by atoms with E-state index in [9.17, 15) is 4.79 Å². The highest BCUT2D eigenvalue weighted by molar-refractivity contribution is 5.74. The summed E-state index contributed by atoms with van der Waals surface area (Å²) < 4.78 is 3.22. The van der Waals surface area contributed by atoms with Crippen LogP contribution < -0.4 is 15.8 Å². The third-order valence-corrected chi connectivity index (χ3v) is 3.91. The SMILES string of the molecule is C#Cc1nc2nc(N3CCNCC3)n(CC#CC)c2c(=O)n1C. The quantitative estimate of drug-likeness (QED) is 0.761. The lowest BCUT2D eigenvalue weighted by Crippen LogP contribution is -2.44. The maximum atomic E-state index is 12.7. The van der Waals surface area contributed by atoms with Gasteiger partial charge >= 0.3 is 0 Å². The third-order valence-electron chi connectivity index (χ3n) is 3.91. The number of piperazine rings is 1. The molecule has 3 rings (SSSR count). The molecule has 1 N–H and O–H groups in total. The van der Waals surface area contributed by atoms with Gasteiger partial charge in [-0.1, -0.05) is 5.92 Å². The smallest absolute Gasteiger partial charge is 0.280 e. The Balaban J connectivity index is 2.26. The zero-order valence-electron chi connectivity index (χ0n) is 13.3. The monoisotopic (exact) mass is 310 g/mol. The molecule has 1 fully saturated rings. The number of nitrogens with zero attached hydrogens (tertiary/aromatic N) is 5. The topological polar surface area (TPSA) is 68.0 Å². The molecule has 118 valence electrons. The predicted molar refractivity (Wildman–Crippen MR) is 89.2 cm³/mol. The average Bonchev–Trinajstić information content (AvgIpc) is 2.95. The van der Waals surface area contributed by atoms with Crippen LogP contribution in [0.15, 0.2) is 4.79 Å². The first kappa shape index (κ1) is 15.1. The van der Waals surface area contributed by atoms with E-state index in [4.69, 9.17) is 6.42 Å². The van der Waals surface area contributed by atoms with Gasteiger partial charge in [-0.2, -0.15) is 4.98 Å². The fourth-order valence-electron chi connectivity index (χ4n) is 2.69. The summed E-state index contributed by atoms with van der Waals surface area (Å²) in [6.07, 6.45) is 5.43. The zero-order valence-corrected chi connectivity index (χ0v) is 13.3. The van der Waals surface area contributed by atoms with Gasteiger partial charge in [-0.3, -0.25) is 13.9 Å². The Kier molecular flexibility index (Phi) is 4.05. The van der Waals surface area contributed by atoms with Crippen molar-refractivity contribution in [2.45, 2.75) is 13.5 Å². The molecule has 1 saturated heterocycles. The summed E-state index contributed by atoms with van der Waals surface area (Å²) >= 11 is 0. The van der Waals surface area contributed by atoms with E-state index in [1.165, 1.54) is 4.57 Å². The van der Waals surface area contributed by atoms with Crippen LogP contribution in [0.4, 0.5) is 5.95 Å². The van der Waals surface area contributed by atoms with Gasteiger partial charge in [0.25, 0.3) is 5.56 Å². The second kappa shape index (κ2) is 6.15. The van der Waals surface area contributed by atoms with Crippen molar-refractivity contribution >= 4 is 17.1 Å². The number of rotatable bonds is 2. The highest BCUT2D eigenvalue weighted by atomic mass is 16.1. The minimum absolute atomic E-state index is 0.199. The van der Waals surface area contributed by atoms with Gasteiger partial charge in [0, 0.05) is 33.2 Å². The Morgan fingerprint density at radius 1 is 1.30 bits per heavy atom. The van der Waals surface area contributed by atoms with Crippen molar-refractivity contribution < 1.29 is 0 Å². The summed E-state index contributed by atoms with van der Waals surface area (Å²) in [6.45, 7) is 5.58. The summed E-state index contributed by atoms with van der Waals surface area (Å²) in [7, 11) is 1.62. The Bertz CT molecular complexity index is 899. The van der Waals surface area contributed by atoms with Crippen LogP contribution in [0.2, 0.25) is 0 Å². The predicted octanol–water partition coefficient (Wildman–Crippen LogP) is -0.456. The number of terminal acetylenes is 1. The lowest BCUT2D eigenvalue weighted by atomic mass is 10.4. The zero-order chi connectivity index (χ0) is 16.4. The highest BCUT2D eigenvalue weighted by Crippen LogP contribution is 2.19. The van der Waals surface area contributed by atoms with E-state index in [0.717, 1.165) is 32.1 Å². The van der Waals surface area contributed by atoms with E-state index in [1.54, 1.807) is 14.0 Å². The number of fused-ring (bicyclic) bond motifs is 1. The molecule has 0 atom stereocenters. The Morgan fingerprint density at radius 3 is 2.70 bits per heavy atom. The molecule has 2 aromatic heterocycles. The van der Waals surface area contributed by atoms with Crippen LogP contribution in [-0.4, -0.2) is 45.3 Å². The summed E-state index contributed by atoms with van der Waals surface area (Å²) in [5.41, 5.74) is 0.630. The maximum Gasteiger partial charge on any atom is 0.280 e. The van der Waals surface area contributed by atoms with Gasteiger partial charge in [0.2, 0.25) is 5.95 Å². The van der Waals surface area contributed by atoms with Gasteiger partial charge in [-0.25, -0.2) is 4.98 Å². The average molecular weight is 310 g/mol. The second-order valence-electron chi connectivity index (χ2n) is 5.28. The highest BCUT2D eigenvalue weighted by Gasteiger charge is 2.22. The van der Waals surface area contributed by atoms with Gasteiger partial charge in [-0.05, 0) is 12.8 Å². The summed E-state index contributed by atoms with van der Waals surface area (Å²) in [4.78, 5) is 23.7. The normalized spacial score (nSPS) is 14.4. The number of hydrogen-bond donors (Lipinski definition) is 1. The Hall–Kier alpha value is -2.77. The lowest BCUT2D eigenvalue weighted by molar-refractivity contribution is 0.573. The molecule has 0 bridgehead atoms. The number of aromatic nitrogens is 4. The molecule has 0 amide bonds. The van der Waals surface area contributed by atoms with Gasteiger partial charge < -0.3 is 10.2 Å². The minimum Gasteiger partial charge on any atom is -0.340 e. The molecule has 0 radical (unpaired) electrons. The lowest BCUT2D eigenvalue weighted by Gasteiger charge is -2.28. The number of hydrogen-bond acceptors (Lipinski definition) is 5. The first-order valence-corrected chi connectivity index (χ1v) is 7.46. The van der Waals surface area contributed by atoms with Gasteiger partial charge in [0.15, 0.2) is 17.0 Å². The molecule has 0 spiro atoms. The Morgan fingerprint density at radius 2 is 2.04 bits per heavy atom. The first-order valence-electron chi connectivity index (χ1n) is 7.46. The van der Waals surface area contributed by atoms with Crippen molar-refractivity contribution in [2.24, 2.45) is 7.05 Å². The van der Waals surface area contributed by atoms with Gasteiger partial charge in [-0.15, -0.1) is 12.3 Å². The van der Waals surface area contributed by atoms with Crippen LogP contribution in [0.5, 0.6) is 0 Å². The van der Waals surface area contributed by atoms with Crippen LogP contribution >= 0.6 is 0 Å². The van der Waals surface area contributed by atoms with Crippen molar-refractivity contribution in [3.8, 4) is 24.2 Å². The van der Waals surface area contributed by atoms with E-state index in [0.29, 0.717) is 17.7 Å². The summed E-state index contributed by atoms with van der Waals surface area (Å²) in [6, 6.07) is 0. The van der Waals surface area contributed by atoms with Crippen molar-refractivity contribution in [3.05, 3.63) is 16.2 Å². The van der Waals surface area contributed by atoms with E-state index in [-0.39, 0.29) is 11.4 Å². The van der Waals surface area contributed by atoms with Gasteiger partial charge in [0.1, 0.15) is 0 Å². The molecular formula is C16H18N6O. The second-order valence-corrected chi connectivity index (χ2v) is 5.28. The number of nitrogens with one attached hydrogen (secondary N) is 1. The molecule has 0 saturated carbocycles. The molecule has 0 unspecified atom stereocenters. The van der Waals surface area contributed by atoms with Crippen LogP contribution in [0, 0.1) is 24.2 Å². The van der Waals surface area contributed by atoms with Crippen LogP contribution in [0.1, 0.15) is 12.7 Å². The van der Waals surface area contributed by atoms with E-state index in [1.807, 2.05) is 4.57 Å². The first-order chi connectivity index (χ1) is 11.2. The van der Waals surface area contributed by atoms with Crippen LogP contribution in [-0.2, 0) is 13.6 Å². The van der Waals surface area contributed by atoms with Crippen LogP contribution in [0.25, 0.3) is 11.2 Å². The number of anilines is 1. The maximum absolute atomic E-state index is 12.7. The van der Waals surface area contributed by atoms with Crippen molar-refractivity contribution in [2.75, 3.05) is 31.1 Å². The molecule has 0 aromatic carbocycles. The van der Waals surface area contributed by atoms with E-state index in [2.05, 4.69) is 37.9 Å². The fraction of sp³-hybridized carbons (Fsp3) is 0.438. The van der Waals surface area contributed by atoms with Crippen molar-refractivity contribution in [1.82, 2.24) is 24.4 Å². The van der Waals surface area contributed by atoms with E-state index < -0.39 is 0 Å². The fourth-order valence-corrected chi connectivity index (χ4v) is 2.69. The van der Waals surface area contributed by atoms with Crippen molar-refractivity contribution in [1.29, 1.82) is 0 Å². The molecule has 23 heavy (non-hydrogen) atoms. The van der Waals surface area contributed by atoms with E-state index >= 15 is 0 Å². The molecule has 3 heterocycles. The molecule has 0 aliphatic carbocycles. The summed E-state index contributed by atoms with van der Waals surface area (Å²) in [5, 5.41) is 3.30. The van der Waals surface area contributed by atoms with Gasteiger partial charge in [0.05, 0.1) is 6.54 Å². The van der Waals surface area contributed by atoms with Crippen LogP contribution in [0.3, 0.4) is 0 Å². The molecule has 2 aromatic rings. The molecule has 1 aliphatic heterocycles. The third kappa shape index (κ3) is 2.56.